The summed E-state index contributed by atoms with van der Waals surface area (Å²) in [6.07, 6.45) is 2.34. The molecule has 0 bridgehead atoms. The fraction of sp³-hybridized carbons (Fsp3) is 0.375. The Morgan fingerprint density at radius 3 is 2.64 bits per heavy atom. The molecular weight excluding hydrogens is 344 g/mol. The molecule has 25 heavy (non-hydrogen) atoms. The van der Waals surface area contributed by atoms with Crippen LogP contribution in [0.15, 0.2) is 12.3 Å². The van der Waals surface area contributed by atoms with E-state index in [9.17, 15) is 14.4 Å². The second-order valence-electron chi connectivity index (χ2n) is 5.27. The van der Waals surface area contributed by atoms with Crippen LogP contribution in [0.1, 0.15) is 56.3 Å². The van der Waals surface area contributed by atoms with Crippen molar-refractivity contribution in [1.29, 1.82) is 0 Å². The molecule has 9 heteroatoms. The molecule has 2 aromatic heterocycles. The molecule has 0 fully saturated rings. The number of nitrogens with two attached hydrogens (primary N) is 1. The second-order valence-corrected chi connectivity index (χ2v) is 6.29. The van der Waals surface area contributed by atoms with E-state index in [0.717, 1.165) is 11.3 Å². The number of carbonyl (C=O) groups excluding carboxylic acids is 3. The number of carbonyl (C=O) groups is 3. The minimum Gasteiger partial charge on any atom is -0.462 e. The number of primary amides is 1. The number of hydrogen-bond donors (Lipinski definition) is 2. The van der Waals surface area contributed by atoms with Gasteiger partial charge in [-0.15, -0.1) is 11.3 Å². The number of thiophene rings is 1. The number of amides is 2. The highest BCUT2D eigenvalue weighted by atomic mass is 32.1. The quantitative estimate of drug-likeness (QED) is 0.731. The van der Waals surface area contributed by atoms with Crippen LogP contribution in [0.2, 0.25) is 0 Å². The van der Waals surface area contributed by atoms with Crippen molar-refractivity contribution in [3.63, 3.8) is 0 Å². The number of aryl methyl sites for hydroxylation is 1. The van der Waals surface area contributed by atoms with Gasteiger partial charge < -0.3 is 15.8 Å². The number of rotatable bonds is 7. The van der Waals surface area contributed by atoms with Crippen LogP contribution in [0.3, 0.4) is 0 Å². The first-order valence-electron chi connectivity index (χ1n) is 7.84. The third-order valence-electron chi connectivity index (χ3n) is 3.44. The topological polar surface area (TPSA) is 116 Å². The van der Waals surface area contributed by atoms with Crippen LogP contribution in [-0.4, -0.2) is 34.2 Å². The lowest BCUT2D eigenvalue weighted by Gasteiger charge is -2.06. The van der Waals surface area contributed by atoms with Gasteiger partial charge in [-0.05, 0) is 31.9 Å². The predicted octanol–water partition coefficient (Wildman–Crippen LogP) is 2.19. The van der Waals surface area contributed by atoms with Gasteiger partial charge in [0, 0.05) is 12.7 Å². The van der Waals surface area contributed by atoms with E-state index in [-0.39, 0.29) is 27.7 Å². The summed E-state index contributed by atoms with van der Waals surface area (Å²) in [7, 11) is 0. The summed E-state index contributed by atoms with van der Waals surface area (Å²) < 4.78 is 6.76. The molecule has 0 aliphatic rings. The van der Waals surface area contributed by atoms with Gasteiger partial charge in [0.05, 0.1) is 17.0 Å². The maximum Gasteiger partial charge on any atom is 0.341 e. The highest BCUT2D eigenvalue weighted by Crippen LogP contribution is 2.33. The van der Waals surface area contributed by atoms with Crippen LogP contribution in [0, 0.1) is 6.92 Å². The van der Waals surface area contributed by atoms with E-state index in [4.69, 9.17) is 10.5 Å². The third-order valence-corrected chi connectivity index (χ3v) is 4.66. The summed E-state index contributed by atoms with van der Waals surface area (Å²) in [4.78, 5) is 36.5. The predicted molar refractivity (Wildman–Crippen MR) is 94.0 cm³/mol. The Morgan fingerprint density at radius 1 is 1.36 bits per heavy atom. The molecule has 0 unspecified atom stereocenters. The first kappa shape index (κ1) is 18.7. The first-order chi connectivity index (χ1) is 11.9. The van der Waals surface area contributed by atoms with Gasteiger partial charge in [-0.1, -0.05) is 6.92 Å². The SMILES string of the molecule is CCCOC(=O)c1c(NC(=O)c2ccn(CC)n2)sc(C(N)=O)c1C. The maximum atomic E-state index is 12.4. The Labute approximate surface area is 149 Å². The molecule has 2 aromatic rings. The van der Waals surface area contributed by atoms with E-state index in [0.29, 0.717) is 18.5 Å². The molecule has 0 saturated heterocycles. The Morgan fingerprint density at radius 2 is 2.08 bits per heavy atom. The number of hydrogen-bond acceptors (Lipinski definition) is 6. The highest BCUT2D eigenvalue weighted by molar-refractivity contribution is 7.18. The molecule has 0 spiro atoms. The van der Waals surface area contributed by atoms with Crippen LogP contribution in [0.4, 0.5) is 5.00 Å². The summed E-state index contributed by atoms with van der Waals surface area (Å²) in [6, 6.07) is 1.57. The monoisotopic (exact) mass is 364 g/mol. The van der Waals surface area contributed by atoms with Gasteiger partial charge in [-0.3, -0.25) is 14.3 Å². The first-order valence-corrected chi connectivity index (χ1v) is 8.65. The zero-order chi connectivity index (χ0) is 18.6. The highest BCUT2D eigenvalue weighted by Gasteiger charge is 2.26. The Bertz CT molecular complexity index is 809. The van der Waals surface area contributed by atoms with Crippen LogP contribution < -0.4 is 11.1 Å². The molecule has 2 amide bonds. The number of anilines is 1. The molecule has 0 aromatic carbocycles. The largest absolute Gasteiger partial charge is 0.462 e. The van der Waals surface area contributed by atoms with Crippen molar-refractivity contribution in [3.8, 4) is 0 Å². The Balaban J connectivity index is 2.34. The Kier molecular flexibility index (Phi) is 5.92. The van der Waals surface area contributed by atoms with E-state index in [1.165, 1.54) is 0 Å². The normalized spacial score (nSPS) is 10.5. The van der Waals surface area contributed by atoms with Gasteiger partial charge in [0.1, 0.15) is 5.00 Å². The van der Waals surface area contributed by atoms with Crippen molar-refractivity contribution in [3.05, 3.63) is 34.0 Å². The summed E-state index contributed by atoms with van der Waals surface area (Å²) >= 11 is 0.950. The van der Waals surface area contributed by atoms with E-state index < -0.39 is 17.8 Å². The molecule has 0 aliphatic carbocycles. The zero-order valence-electron chi connectivity index (χ0n) is 14.3. The smallest absolute Gasteiger partial charge is 0.341 e. The van der Waals surface area contributed by atoms with Gasteiger partial charge in [0.2, 0.25) is 0 Å². The minimum absolute atomic E-state index is 0.149. The van der Waals surface area contributed by atoms with Gasteiger partial charge >= 0.3 is 5.97 Å². The molecule has 0 atom stereocenters. The number of nitrogens with zero attached hydrogens (tertiary/aromatic N) is 2. The van der Waals surface area contributed by atoms with E-state index in [1.54, 1.807) is 23.9 Å². The molecule has 134 valence electrons. The summed E-state index contributed by atoms with van der Waals surface area (Å²) in [5, 5.41) is 6.97. The summed E-state index contributed by atoms with van der Waals surface area (Å²) in [6.45, 7) is 6.24. The average molecular weight is 364 g/mol. The third kappa shape index (κ3) is 4.05. The fourth-order valence-corrected chi connectivity index (χ4v) is 3.22. The van der Waals surface area contributed by atoms with Crippen molar-refractivity contribution >= 4 is 34.1 Å². The molecule has 2 heterocycles. The zero-order valence-corrected chi connectivity index (χ0v) is 15.1. The van der Waals surface area contributed by atoms with Gasteiger partial charge in [-0.25, -0.2) is 4.79 Å². The lowest BCUT2D eigenvalue weighted by Crippen LogP contribution is -2.16. The van der Waals surface area contributed by atoms with Crippen molar-refractivity contribution in [2.24, 2.45) is 5.73 Å². The standard InChI is InChI=1S/C16H20N4O4S/c1-4-8-24-16(23)11-9(3)12(13(17)21)25-15(11)18-14(22)10-6-7-20(5-2)19-10/h6-7H,4-5,8H2,1-3H3,(H2,17,21)(H,18,22). The molecule has 2 rings (SSSR count). The summed E-state index contributed by atoms with van der Waals surface area (Å²) in [5.41, 5.74) is 6.11. The fourth-order valence-electron chi connectivity index (χ4n) is 2.18. The average Bonchev–Trinajstić information content (AvgIpc) is 3.17. The number of nitrogens with one attached hydrogen (secondary N) is 1. The van der Waals surface area contributed by atoms with Crippen molar-refractivity contribution in [2.45, 2.75) is 33.7 Å². The summed E-state index contributed by atoms with van der Waals surface area (Å²) in [5.74, 6) is -1.74. The van der Waals surface area contributed by atoms with Crippen molar-refractivity contribution in [1.82, 2.24) is 9.78 Å². The maximum absolute atomic E-state index is 12.4. The molecule has 0 saturated carbocycles. The van der Waals surface area contributed by atoms with Crippen LogP contribution in [-0.2, 0) is 11.3 Å². The van der Waals surface area contributed by atoms with Gasteiger partial charge in [-0.2, -0.15) is 5.10 Å². The Hall–Kier alpha value is -2.68. The second kappa shape index (κ2) is 7.93. The molecule has 0 radical (unpaired) electrons. The van der Waals surface area contributed by atoms with Crippen LogP contribution >= 0.6 is 11.3 Å². The number of aromatic nitrogens is 2. The number of esters is 1. The van der Waals surface area contributed by atoms with Crippen molar-refractivity contribution < 1.29 is 19.1 Å². The van der Waals surface area contributed by atoms with Crippen molar-refractivity contribution in [2.75, 3.05) is 11.9 Å². The van der Waals surface area contributed by atoms with Crippen LogP contribution in [0.25, 0.3) is 0 Å². The van der Waals surface area contributed by atoms with E-state index in [1.807, 2.05) is 13.8 Å². The lowest BCUT2D eigenvalue weighted by molar-refractivity contribution is 0.0506. The minimum atomic E-state index is -0.664. The number of ether oxygens (including phenoxy) is 1. The van der Waals surface area contributed by atoms with E-state index in [2.05, 4.69) is 10.4 Å². The van der Waals surface area contributed by atoms with Crippen LogP contribution in [0.5, 0.6) is 0 Å². The molecule has 3 N–H and O–H groups in total. The molecule has 8 nitrogen and oxygen atoms in total. The molecular formula is C16H20N4O4S. The van der Waals surface area contributed by atoms with E-state index >= 15 is 0 Å². The van der Waals surface area contributed by atoms with Gasteiger partial charge in [0.25, 0.3) is 11.8 Å². The van der Waals surface area contributed by atoms with Gasteiger partial charge in [0.15, 0.2) is 5.69 Å². The molecule has 0 aliphatic heterocycles. The lowest BCUT2D eigenvalue weighted by atomic mass is 10.1.